The van der Waals surface area contributed by atoms with E-state index in [1.165, 1.54) is 11.4 Å². The number of nitrogens with zero attached hydrogens (tertiary/aromatic N) is 2. The van der Waals surface area contributed by atoms with Gasteiger partial charge in [-0.15, -0.1) is 11.3 Å². The summed E-state index contributed by atoms with van der Waals surface area (Å²) in [4.78, 5) is 16.5. The molecular formula is C28H28N2O6S2. The van der Waals surface area contributed by atoms with Gasteiger partial charge in [0.25, 0.3) is 0 Å². The minimum Gasteiger partial charge on any atom is -0.454 e. The Balaban J connectivity index is 1.41. The lowest BCUT2D eigenvalue weighted by molar-refractivity contribution is -0.132. The number of rotatable bonds is 11. The molecule has 0 aliphatic carbocycles. The summed E-state index contributed by atoms with van der Waals surface area (Å²) in [6, 6.07) is 22.0. The van der Waals surface area contributed by atoms with Crippen molar-refractivity contribution in [3.63, 3.8) is 0 Å². The molecule has 0 atom stereocenters. The summed E-state index contributed by atoms with van der Waals surface area (Å²) in [5.41, 5.74) is 0.861. The zero-order chi connectivity index (χ0) is 26.5. The highest BCUT2D eigenvalue weighted by Crippen LogP contribution is 2.33. The van der Waals surface area contributed by atoms with E-state index in [9.17, 15) is 13.2 Å². The number of carbonyl (C=O) groups excluding carboxylic acids is 1. The molecule has 1 aromatic heterocycles. The number of fused-ring (bicyclic) bond motifs is 2. The Morgan fingerprint density at radius 2 is 1.76 bits per heavy atom. The predicted octanol–water partition coefficient (Wildman–Crippen LogP) is 4.50. The van der Waals surface area contributed by atoms with Crippen molar-refractivity contribution in [3.05, 3.63) is 88.6 Å². The average Bonchev–Trinajstić information content (AvgIpc) is 3.62. The van der Waals surface area contributed by atoms with Gasteiger partial charge in [0.15, 0.2) is 11.5 Å². The van der Waals surface area contributed by atoms with Gasteiger partial charge in [-0.3, -0.25) is 4.79 Å². The van der Waals surface area contributed by atoms with E-state index in [-0.39, 0.29) is 37.3 Å². The van der Waals surface area contributed by atoms with Gasteiger partial charge in [-0.25, -0.2) is 8.42 Å². The number of carbonyl (C=O) groups is 1. The molecule has 0 saturated carbocycles. The number of amides is 1. The first kappa shape index (κ1) is 26.2. The molecule has 5 rings (SSSR count). The van der Waals surface area contributed by atoms with E-state index < -0.39 is 10.0 Å². The van der Waals surface area contributed by atoms with E-state index in [4.69, 9.17) is 14.2 Å². The van der Waals surface area contributed by atoms with Crippen LogP contribution in [-0.4, -0.2) is 57.1 Å². The van der Waals surface area contributed by atoms with E-state index in [2.05, 4.69) is 0 Å². The maximum absolute atomic E-state index is 13.7. The second-order valence-corrected chi connectivity index (χ2v) is 11.8. The third-order valence-electron chi connectivity index (χ3n) is 6.31. The second-order valence-electron chi connectivity index (χ2n) is 8.86. The van der Waals surface area contributed by atoms with Gasteiger partial charge in [-0.1, -0.05) is 42.5 Å². The van der Waals surface area contributed by atoms with Gasteiger partial charge in [0, 0.05) is 25.1 Å². The summed E-state index contributed by atoms with van der Waals surface area (Å²) in [6.07, 6.45) is 0. The van der Waals surface area contributed by atoms with E-state index in [0.717, 1.165) is 21.2 Å². The molecule has 0 unspecified atom stereocenters. The number of methoxy groups -OCH3 is 1. The molecular weight excluding hydrogens is 524 g/mol. The van der Waals surface area contributed by atoms with Crippen molar-refractivity contribution in [1.82, 2.24) is 9.21 Å². The number of hydrogen-bond acceptors (Lipinski definition) is 7. The predicted molar refractivity (Wildman–Crippen MR) is 146 cm³/mol. The lowest BCUT2D eigenvalue weighted by Crippen LogP contribution is -2.43. The Kier molecular flexibility index (Phi) is 7.94. The van der Waals surface area contributed by atoms with Crippen LogP contribution in [0.25, 0.3) is 10.8 Å². The van der Waals surface area contributed by atoms with Crippen molar-refractivity contribution >= 4 is 38.0 Å². The van der Waals surface area contributed by atoms with E-state index in [1.807, 2.05) is 60.0 Å². The highest BCUT2D eigenvalue weighted by molar-refractivity contribution is 7.89. The summed E-state index contributed by atoms with van der Waals surface area (Å²) >= 11 is 1.55. The Labute approximate surface area is 226 Å². The van der Waals surface area contributed by atoms with Crippen LogP contribution in [0.1, 0.15) is 10.4 Å². The summed E-state index contributed by atoms with van der Waals surface area (Å²) in [5, 5.41) is 3.71. The largest absolute Gasteiger partial charge is 0.454 e. The van der Waals surface area contributed by atoms with Crippen molar-refractivity contribution < 1.29 is 27.4 Å². The standard InChI is InChI=1S/C28H28N2O6S2/c1-34-13-12-30(38(32,33)25-10-9-22-5-2-3-6-23(22)16-25)19-28(31)29(18-24-7-4-14-37-24)17-21-8-11-26-27(15-21)36-20-35-26/h2-11,14-16H,12-13,17-20H2,1H3. The van der Waals surface area contributed by atoms with Crippen LogP contribution >= 0.6 is 11.3 Å². The van der Waals surface area contributed by atoms with Crippen LogP contribution in [0.15, 0.2) is 83.1 Å². The Hall–Kier alpha value is -3.44. The molecule has 0 saturated heterocycles. The quantitative estimate of drug-likeness (QED) is 0.273. The molecule has 0 radical (unpaired) electrons. The lowest BCUT2D eigenvalue weighted by Gasteiger charge is -2.27. The minimum atomic E-state index is -3.96. The first-order valence-corrected chi connectivity index (χ1v) is 14.4. The molecule has 0 N–H and O–H groups in total. The van der Waals surface area contributed by atoms with E-state index in [1.54, 1.807) is 34.4 Å². The molecule has 38 heavy (non-hydrogen) atoms. The van der Waals surface area contributed by atoms with Crippen LogP contribution < -0.4 is 9.47 Å². The van der Waals surface area contributed by atoms with Crippen molar-refractivity contribution in [2.45, 2.75) is 18.0 Å². The Bertz CT molecular complexity index is 1520. The van der Waals surface area contributed by atoms with Crippen LogP contribution in [0.5, 0.6) is 11.5 Å². The SMILES string of the molecule is COCCN(CC(=O)N(Cc1ccc2c(c1)OCO2)Cc1cccs1)S(=O)(=O)c1ccc2ccccc2c1. The monoisotopic (exact) mass is 552 g/mol. The van der Waals surface area contributed by atoms with Gasteiger partial charge in [-0.05, 0) is 52.0 Å². The molecule has 4 aromatic rings. The maximum atomic E-state index is 13.7. The van der Waals surface area contributed by atoms with Crippen molar-refractivity contribution in [3.8, 4) is 11.5 Å². The maximum Gasteiger partial charge on any atom is 0.243 e. The fourth-order valence-corrected chi connectivity index (χ4v) is 6.42. The summed E-state index contributed by atoms with van der Waals surface area (Å²) in [5.74, 6) is 0.986. The average molecular weight is 553 g/mol. The van der Waals surface area contributed by atoms with Crippen LogP contribution in [0.2, 0.25) is 0 Å². The number of ether oxygens (including phenoxy) is 3. The first-order valence-electron chi connectivity index (χ1n) is 12.1. The number of sulfonamides is 1. The van der Waals surface area contributed by atoms with Crippen LogP contribution in [-0.2, 0) is 32.6 Å². The molecule has 2 heterocycles. The van der Waals surface area contributed by atoms with Crippen molar-refractivity contribution in [1.29, 1.82) is 0 Å². The second kappa shape index (κ2) is 11.5. The molecule has 0 fully saturated rings. The fourth-order valence-electron chi connectivity index (χ4n) is 4.29. The van der Waals surface area contributed by atoms with E-state index in [0.29, 0.717) is 24.6 Å². The Morgan fingerprint density at radius 1 is 0.947 bits per heavy atom. The van der Waals surface area contributed by atoms with E-state index >= 15 is 0 Å². The Morgan fingerprint density at radius 3 is 2.55 bits per heavy atom. The molecule has 1 aliphatic heterocycles. The number of benzene rings is 3. The molecule has 10 heteroatoms. The number of hydrogen-bond donors (Lipinski definition) is 0. The molecule has 1 amide bonds. The van der Waals surface area contributed by atoms with Gasteiger partial charge in [0.1, 0.15) is 0 Å². The summed E-state index contributed by atoms with van der Waals surface area (Å²) < 4.78 is 44.7. The topological polar surface area (TPSA) is 85.4 Å². The minimum absolute atomic E-state index is 0.0499. The summed E-state index contributed by atoms with van der Waals surface area (Å²) in [7, 11) is -2.46. The van der Waals surface area contributed by atoms with Gasteiger partial charge in [0.2, 0.25) is 22.7 Å². The molecule has 0 bridgehead atoms. The lowest BCUT2D eigenvalue weighted by atomic mass is 10.1. The van der Waals surface area contributed by atoms with Crippen LogP contribution in [0.3, 0.4) is 0 Å². The molecule has 3 aromatic carbocycles. The molecule has 0 spiro atoms. The van der Waals surface area contributed by atoms with Crippen molar-refractivity contribution in [2.24, 2.45) is 0 Å². The van der Waals surface area contributed by atoms with Crippen molar-refractivity contribution in [2.75, 3.05) is 33.6 Å². The zero-order valence-electron chi connectivity index (χ0n) is 20.9. The zero-order valence-corrected chi connectivity index (χ0v) is 22.5. The highest BCUT2D eigenvalue weighted by atomic mass is 32.2. The van der Waals surface area contributed by atoms with Gasteiger partial charge >= 0.3 is 0 Å². The van der Waals surface area contributed by atoms with Gasteiger partial charge < -0.3 is 19.1 Å². The fraction of sp³-hybridized carbons (Fsp3) is 0.250. The first-order chi connectivity index (χ1) is 18.4. The third kappa shape index (κ3) is 5.83. The highest BCUT2D eigenvalue weighted by Gasteiger charge is 2.29. The smallest absolute Gasteiger partial charge is 0.243 e. The molecule has 198 valence electrons. The molecule has 1 aliphatic rings. The van der Waals surface area contributed by atoms with Gasteiger partial charge in [-0.2, -0.15) is 4.31 Å². The number of thiophene rings is 1. The third-order valence-corrected chi connectivity index (χ3v) is 9.01. The van der Waals surface area contributed by atoms with Crippen LogP contribution in [0, 0.1) is 0 Å². The van der Waals surface area contributed by atoms with Gasteiger partial charge in [0.05, 0.1) is 24.6 Å². The van der Waals surface area contributed by atoms with Crippen LogP contribution in [0.4, 0.5) is 0 Å². The normalized spacial score (nSPS) is 12.8. The summed E-state index contributed by atoms with van der Waals surface area (Å²) in [6.45, 7) is 0.716. The molecule has 8 nitrogen and oxygen atoms in total.